The summed E-state index contributed by atoms with van der Waals surface area (Å²) in [6.45, 7) is 4.97. The lowest BCUT2D eigenvalue weighted by Gasteiger charge is -2.22. The number of nitrogens with one attached hydrogen (secondary N) is 1. The van der Waals surface area contributed by atoms with Crippen LogP contribution in [0.25, 0.3) is 0 Å². The molecule has 2 unspecified atom stereocenters. The molecule has 0 aliphatic rings. The van der Waals surface area contributed by atoms with Crippen molar-refractivity contribution in [2.75, 3.05) is 13.2 Å². The molecule has 0 aromatic carbocycles. The van der Waals surface area contributed by atoms with Gasteiger partial charge < -0.3 is 20.3 Å². The molecule has 6 nitrogen and oxygen atoms in total. The quantitative estimate of drug-likeness (QED) is 0.0321. The van der Waals surface area contributed by atoms with Crippen LogP contribution < -0.4 is 5.32 Å². The molecular weight excluding hydrogens is 839 g/mol. The molecule has 68 heavy (non-hydrogen) atoms. The van der Waals surface area contributed by atoms with Crippen LogP contribution in [-0.2, 0) is 14.3 Å². The fourth-order valence-electron chi connectivity index (χ4n) is 9.81. The average Bonchev–Trinajstić information content (AvgIpc) is 3.34. The van der Waals surface area contributed by atoms with Crippen LogP contribution in [0.3, 0.4) is 0 Å². The van der Waals surface area contributed by atoms with E-state index in [1.807, 2.05) is 0 Å². The molecular formula is C62H121NO5. The van der Waals surface area contributed by atoms with E-state index in [1.54, 1.807) is 0 Å². The number of aliphatic hydroxyl groups excluding tert-OH is 2. The zero-order valence-corrected chi connectivity index (χ0v) is 46.1. The minimum atomic E-state index is -0.663. The van der Waals surface area contributed by atoms with Crippen molar-refractivity contribution in [3.05, 3.63) is 12.2 Å². The molecule has 0 bridgehead atoms. The molecule has 0 heterocycles. The number of hydrogen-bond donors (Lipinski definition) is 3. The van der Waals surface area contributed by atoms with Gasteiger partial charge in [-0.25, -0.2) is 0 Å². The van der Waals surface area contributed by atoms with E-state index >= 15 is 0 Å². The number of carbonyl (C=O) groups is 2. The third-order valence-electron chi connectivity index (χ3n) is 14.6. The molecule has 0 aliphatic carbocycles. The van der Waals surface area contributed by atoms with Gasteiger partial charge in [-0.05, 0) is 51.4 Å². The summed E-state index contributed by atoms with van der Waals surface area (Å²) < 4.78 is 5.47. The number of aliphatic hydroxyl groups is 2. The lowest BCUT2D eigenvalue weighted by molar-refractivity contribution is -0.143. The maximum absolute atomic E-state index is 12.5. The minimum absolute atomic E-state index is 0.0152. The molecule has 0 rings (SSSR count). The number of allylic oxidation sites excluding steroid dienone is 2. The van der Waals surface area contributed by atoms with Crippen molar-refractivity contribution in [2.24, 2.45) is 0 Å². The van der Waals surface area contributed by atoms with E-state index in [2.05, 4.69) is 31.3 Å². The van der Waals surface area contributed by atoms with E-state index in [-0.39, 0.29) is 18.5 Å². The van der Waals surface area contributed by atoms with Crippen LogP contribution >= 0.6 is 0 Å². The van der Waals surface area contributed by atoms with E-state index in [0.717, 1.165) is 38.5 Å². The molecule has 404 valence electrons. The van der Waals surface area contributed by atoms with Crippen molar-refractivity contribution < 1.29 is 24.5 Å². The van der Waals surface area contributed by atoms with Crippen molar-refractivity contribution in [3.63, 3.8) is 0 Å². The molecule has 0 saturated carbocycles. The van der Waals surface area contributed by atoms with Gasteiger partial charge in [0.05, 0.1) is 25.4 Å². The lowest BCUT2D eigenvalue weighted by Crippen LogP contribution is -2.45. The summed E-state index contributed by atoms with van der Waals surface area (Å²) in [5.74, 6) is -0.0189. The zero-order valence-electron chi connectivity index (χ0n) is 46.1. The van der Waals surface area contributed by atoms with Gasteiger partial charge in [-0.1, -0.05) is 296 Å². The van der Waals surface area contributed by atoms with Crippen molar-refractivity contribution >= 4 is 11.9 Å². The van der Waals surface area contributed by atoms with Crippen molar-refractivity contribution in [1.82, 2.24) is 5.32 Å². The highest BCUT2D eigenvalue weighted by atomic mass is 16.5. The first kappa shape index (κ1) is 66.6. The summed E-state index contributed by atoms with van der Waals surface area (Å²) in [5, 5.41) is 23.2. The summed E-state index contributed by atoms with van der Waals surface area (Å²) in [5.41, 5.74) is 0. The van der Waals surface area contributed by atoms with Crippen molar-refractivity contribution in [1.29, 1.82) is 0 Å². The first-order valence-corrected chi connectivity index (χ1v) is 30.9. The van der Waals surface area contributed by atoms with Crippen molar-refractivity contribution in [3.8, 4) is 0 Å². The fraction of sp³-hybridized carbons (Fsp3) is 0.935. The molecule has 0 aromatic rings. The van der Waals surface area contributed by atoms with Gasteiger partial charge in [-0.2, -0.15) is 0 Å². The Labute approximate surface area is 425 Å². The van der Waals surface area contributed by atoms with Crippen LogP contribution in [0.15, 0.2) is 12.2 Å². The Morgan fingerprint density at radius 2 is 0.691 bits per heavy atom. The molecule has 0 aromatic heterocycles. The number of esters is 1. The SMILES string of the molecule is CCCCCCCCCCCCCCCC(O)C(CO)NC(=O)CCCCCCCCCCCCC/C=C\CCCCCCCCCCCCCCOC(=O)CCCCCCCCCCCCC. The second kappa shape index (κ2) is 58.2. The maximum Gasteiger partial charge on any atom is 0.305 e. The molecule has 0 fully saturated rings. The lowest BCUT2D eigenvalue weighted by atomic mass is 10.0. The Hall–Kier alpha value is -1.40. The van der Waals surface area contributed by atoms with Gasteiger partial charge >= 0.3 is 5.97 Å². The molecule has 0 radical (unpaired) electrons. The third kappa shape index (κ3) is 53.9. The van der Waals surface area contributed by atoms with E-state index in [9.17, 15) is 19.8 Å². The summed E-state index contributed by atoms with van der Waals surface area (Å²) in [7, 11) is 0. The molecule has 2 atom stereocenters. The van der Waals surface area contributed by atoms with E-state index in [0.29, 0.717) is 25.9 Å². The monoisotopic (exact) mass is 960 g/mol. The Balaban J connectivity index is 3.37. The number of ether oxygens (including phenoxy) is 1. The Morgan fingerprint density at radius 3 is 1.04 bits per heavy atom. The number of unbranched alkanes of at least 4 members (excludes halogenated alkanes) is 45. The van der Waals surface area contributed by atoms with E-state index in [1.165, 1.54) is 276 Å². The first-order valence-electron chi connectivity index (χ1n) is 30.9. The zero-order chi connectivity index (χ0) is 49.3. The van der Waals surface area contributed by atoms with Gasteiger partial charge in [-0.15, -0.1) is 0 Å². The average molecular weight is 961 g/mol. The second-order valence-electron chi connectivity index (χ2n) is 21.4. The van der Waals surface area contributed by atoms with Crippen LogP contribution in [-0.4, -0.2) is 47.4 Å². The van der Waals surface area contributed by atoms with Crippen LogP contribution in [0.5, 0.6) is 0 Å². The van der Waals surface area contributed by atoms with Gasteiger partial charge in [0.15, 0.2) is 0 Å². The van der Waals surface area contributed by atoms with Crippen LogP contribution in [0.4, 0.5) is 0 Å². The molecule has 6 heteroatoms. The number of hydrogen-bond acceptors (Lipinski definition) is 5. The third-order valence-corrected chi connectivity index (χ3v) is 14.6. The summed E-state index contributed by atoms with van der Waals surface area (Å²) >= 11 is 0. The standard InChI is InChI=1S/C62H121NO5/c1-3-5-7-9-11-13-15-31-35-38-42-46-50-54-60(65)59(58-64)63-61(66)55-51-47-43-39-36-32-29-27-25-23-21-19-17-16-18-20-22-24-26-28-30-33-37-41-45-49-53-57-68-62(67)56-52-48-44-40-34-14-12-10-8-6-4-2/h16-17,59-60,64-65H,3-15,18-58H2,1-2H3,(H,63,66)/b17-16-. The minimum Gasteiger partial charge on any atom is -0.466 e. The Kier molecular flexibility index (Phi) is 57.0. The molecule has 0 aliphatic heterocycles. The summed E-state index contributed by atoms with van der Waals surface area (Å²) in [6.07, 6.45) is 69.4. The Bertz CT molecular complexity index is 1020. The van der Waals surface area contributed by atoms with Gasteiger partial charge in [-0.3, -0.25) is 9.59 Å². The predicted octanol–water partition coefficient (Wildman–Crippen LogP) is 19.2. The highest BCUT2D eigenvalue weighted by Crippen LogP contribution is 2.18. The highest BCUT2D eigenvalue weighted by Gasteiger charge is 2.20. The smallest absolute Gasteiger partial charge is 0.305 e. The predicted molar refractivity (Wildman–Crippen MR) is 297 cm³/mol. The molecule has 0 spiro atoms. The van der Waals surface area contributed by atoms with Gasteiger partial charge in [0.2, 0.25) is 5.91 Å². The van der Waals surface area contributed by atoms with E-state index < -0.39 is 12.1 Å². The van der Waals surface area contributed by atoms with Gasteiger partial charge in [0, 0.05) is 12.8 Å². The number of amides is 1. The van der Waals surface area contributed by atoms with Crippen LogP contribution in [0.1, 0.15) is 348 Å². The number of rotatable bonds is 58. The number of carbonyl (C=O) groups excluding carboxylic acids is 2. The molecule has 0 saturated heterocycles. The fourth-order valence-corrected chi connectivity index (χ4v) is 9.81. The van der Waals surface area contributed by atoms with Crippen molar-refractivity contribution in [2.45, 2.75) is 360 Å². The molecule has 1 amide bonds. The maximum atomic E-state index is 12.5. The van der Waals surface area contributed by atoms with Gasteiger partial charge in [0.1, 0.15) is 0 Å². The molecule has 3 N–H and O–H groups in total. The van der Waals surface area contributed by atoms with Gasteiger partial charge in [0.25, 0.3) is 0 Å². The second-order valence-corrected chi connectivity index (χ2v) is 21.4. The summed E-state index contributed by atoms with van der Waals surface area (Å²) in [6, 6.07) is -0.540. The highest BCUT2D eigenvalue weighted by molar-refractivity contribution is 5.76. The van der Waals surface area contributed by atoms with E-state index in [4.69, 9.17) is 4.74 Å². The normalized spacial score (nSPS) is 12.6. The largest absolute Gasteiger partial charge is 0.466 e. The summed E-state index contributed by atoms with van der Waals surface area (Å²) in [4.78, 5) is 24.5. The van der Waals surface area contributed by atoms with Crippen LogP contribution in [0, 0.1) is 0 Å². The topological polar surface area (TPSA) is 95.9 Å². The Morgan fingerprint density at radius 1 is 0.397 bits per heavy atom. The van der Waals surface area contributed by atoms with Crippen LogP contribution in [0.2, 0.25) is 0 Å². The first-order chi connectivity index (χ1) is 33.5.